The number of ether oxygens (including phenoxy) is 2. The van der Waals surface area contributed by atoms with Gasteiger partial charge in [0.25, 0.3) is 0 Å². The van der Waals surface area contributed by atoms with Crippen molar-refractivity contribution in [2.24, 2.45) is 0 Å². The third-order valence-electron chi connectivity index (χ3n) is 7.46. The Labute approximate surface area is 252 Å². The number of hydrogen-bond acceptors (Lipinski definition) is 6. The van der Waals surface area contributed by atoms with Crippen molar-refractivity contribution < 1.29 is 32.6 Å². The topological polar surface area (TPSA) is 110 Å². The molecule has 0 aliphatic carbocycles. The van der Waals surface area contributed by atoms with Crippen LogP contribution in [0.1, 0.15) is 18.4 Å². The summed E-state index contributed by atoms with van der Waals surface area (Å²) < 4.78 is 37.7. The number of carboxylic acid groups (broad SMARTS) is 1. The van der Waals surface area contributed by atoms with Crippen molar-refractivity contribution in [1.29, 1.82) is 0 Å². The Bertz CT molecular complexity index is 1700. The molecular formula is C32H31AsNO7S. The van der Waals surface area contributed by atoms with Crippen LogP contribution in [0.5, 0.6) is 11.5 Å². The van der Waals surface area contributed by atoms with Crippen LogP contribution in [0.3, 0.4) is 0 Å². The van der Waals surface area contributed by atoms with Crippen LogP contribution in [0.15, 0.2) is 89.8 Å². The van der Waals surface area contributed by atoms with Crippen LogP contribution < -0.4 is 9.47 Å². The SMILES string of the molecule is COc1cccc(OC)c1-c1ccc2cc(CC([As]C(=O)[C@@H]3CCCN3S(=O)(=O)c3ccccc3)C(=O)O)ccc2c1. The summed E-state index contributed by atoms with van der Waals surface area (Å²) in [5.41, 5.74) is 2.58. The summed E-state index contributed by atoms with van der Waals surface area (Å²) in [6.45, 7) is 0.250. The van der Waals surface area contributed by atoms with Crippen LogP contribution in [0.25, 0.3) is 21.9 Å². The van der Waals surface area contributed by atoms with Crippen molar-refractivity contribution >= 4 is 47.1 Å². The molecule has 1 aliphatic rings. The van der Waals surface area contributed by atoms with Gasteiger partial charge in [0.1, 0.15) is 0 Å². The average molecular weight is 649 g/mol. The molecule has 8 nitrogen and oxygen atoms in total. The van der Waals surface area contributed by atoms with Gasteiger partial charge >= 0.3 is 253 Å². The van der Waals surface area contributed by atoms with E-state index in [-0.39, 0.29) is 22.4 Å². The molecule has 0 amide bonds. The Hall–Kier alpha value is -3.65. The number of sulfonamides is 1. The Morgan fingerprint density at radius 1 is 0.929 bits per heavy atom. The number of rotatable bonds is 11. The second-order valence-corrected chi connectivity index (χ2v) is 14.7. The number of carbonyl (C=O) groups excluding carboxylic acids is 1. The maximum atomic E-state index is 13.4. The molecule has 5 rings (SSSR count). The molecule has 1 unspecified atom stereocenters. The van der Waals surface area contributed by atoms with E-state index in [2.05, 4.69) is 0 Å². The quantitative estimate of drug-likeness (QED) is 0.228. The molecule has 1 saturated heterocycles. The van der Waals surface area contributed by atoms with Gasteiger partial charge in [-0.25, -0.2) is 0 Å². The van der Waals surface area contributed by atoms with Crippen LogP contribution in [0, 0.1) is 0 Å². The molecule has 1 radical (unpaired) electrons. The van der Waals surface area contributed by atoms with Crippen LogP contribution in [0.2, 0.25) is 4.71 Å². The number of aliphatic carboxylic acids is 1. The van der Waals surface area contributed by atoms with Crippen molar-refractivity contribution in [3.8, 4) is 22.6 Å². The fourth-order valence-electron chi connectivity index (χ4n) is 5.37. The average Bonchev–Trinajstić information content (AvgIpc) is 3.52. The van der Waals surface area contributed by atoms with Gasteiger partial charge in [-0.15, -0.1) is 0 Å². The van der Waals surface area contributed by atoms with Crippen molar-refractivity contribution in [3.05, 3.63) is 90.5 Å². The Kier molecular flexibility index (Phi) is 9.01. The predicted molar refractivity (Wildman–Crippen MR) is 162 cm³/mol. The molecule has 0 spiro atoms. The van der Waals surface area contributed by atoms with Gasteiger partial charge in [-0.1, -0.05) is 0 Å². The third-order valence-corrected chi connectivity index (χ3v) is 12.0. The first kappa shape index (κ1) is 29.8. The molecule has 0 saturated carbocycles. The van der Waals surface area contributed by atoms with Gasteiger partial charge in [0, 0.05) is 0 Å². The first-order valence-corrected chi connectivity index (χ1v) is 17.0. The van der Waals surface area contributed by atoms with Gasteiger partial charge < -0.3 is 0 Å². The minimum absolute atomic E-state index is 0.138. The van der Waals surface area contributed by atoms with Crippen LogP contribution in [0.4, 0.5) is 0 Å². The molecule has 0 bridgehead atoms. The second kappa shape index (κ2) is 12.7. The molecule has 1 heterocycles. The van der Waals surface area contributed by atoms with Gasteiger partial charge in [0.2, 0.25) is 0 Å². The summed E-state index contributed by atoms with van der Waals surface area (Å²) in [6.07, 6.45) is 1.16. The fourth-order valence-corrected chi connectivity index (χ4v) is 9.65. The fraction of sp³-hybridized carbons (Fsp3) is 0.250. The first-order valence-electron chi connectivity index (χ1n) is 13.5. The summed E-state index contributed by atoms with van der Waals surface area (Å²) in [5.74, 6) is 0.345. The van der Waals surface area contributed by atoms with Crippen molar-refractivity contribution in [3.63, 3.8) is 0 Å². The van der Waals surface area contributed by atoms with Crippen molar-refractivity contribution in [1.82, 2.24) is 4.31 Å². The van der Waals surface area contributed by atoms with E-state index in [0.29, 0.717) is 24.3 Å². The molecule has 217 valence electrons. The van der Waals surface area contributed by atoms with Gasteiger partial charge in [-0.3, -0.25) is 0 Å². The zero-order valence-electron chi connectivity index (χ0n) is 23.3. The number of carbonyl (C=O) groups is 2. The molecule has 4 aromatic carbocycles. The standard InChI is InChI=1S/C32H31AsNO7S/c1-40-28-11-6-12-29(41-2)30(28)24-16-15-22-18-21(13-14-23(22)20-24)19-26(32(36)37)33-31(35)27-10-7-17-34(27)42(38,39)25-8-4-3-5-9-25/h3-6,8-9,11-16,18,20,26-27H,7,10,17,19H2,1-2H3,(H,36,37)/t26?,27-/m0/s1. The van der Waals surface area contributed by atoms with E-state index >= 15 is 0 Å². The maximum absolute atomic E-state index is 13.4. The van der Waals surface area contributed by atoms with E-state index < -0.39 is 42.5 Å². The molecule has 2 atom stereocenters. The number of methoxy groups -OCH3 is 2. The van der Waals surface area contributed by atoms with Gasteiger partial charge in [-0.2, -0.15) is 0 Å². The van der Waals surface area contributed by atoms with Crippen LogP contribution >= 0.6 is 0 Å². The zero-order valence-corrected chi connectivity index (χ0v) is 26.0. The van der Waals surface area contributed by atoms with Crippen molar-refractivity contribution in [2.75, 3.05) is 20.8 Å². The van der Waals surface area contributed by atoms with Gasteiger partial charge in [0.05, 0.1) is 0 Å². The normalized spacial score (nSPS) is 16.6. The summed E-state index contributed by atoms with van der Waals surface area (Å²) in [4.78, 5) is 25.8. The van der Waals surface area contributed by atoms with Gasteiger partial charge in [-0.05, 0) is 0 Å². The van der Waals surface area contributed by atoms with E-state index in [4.69, 9.17) is 9.47 Å². The zero-order chi connectivity index (χ0) is 29.9. The van der Waals surface area contributed by atoms with Crippen molar-refractivity contribution in [2.45, 2.75) is 34.9 Å². The molecule has 1 N–H and O–H groups in total. The molecule has 10 heteroatoms. The minimum atomic E-state index is -3.84. The summed E-state index contributed by atoms with van der Waals surface area (Å²) in [6, 6.07) is 24.6. The Balaban J connectivity index is 1.34. The number of fused-ring (bicyclic) bond motifs is 1. The Morgan fingerprint density at radius 2 is 1.60 bits per heavy atom. The predicted octanol–water partition coefficient (Wildman–Crippen LogP) is 5.02. The molecular weight excluding hydrogens is 617 g/mol. The summed E-state index contributed by atoms with van der Waals surface area (Å²) in [5, 5.41) is 11.9. The third kappa shape index (κ3) is 6.09. The molecule has 1 aliphatic heterocycles. The van der Waals surface area contributed by atoms with E-state index in [1.54, 1.807) is 32.4 Å². The number of benzene rings is 4. The van der Waals surface area contributed by atoms with E-state index in [9.17, 15) is 23.1 Å². The van der Waals surface area contributed by atoms with E-state index in [1.165, 1.54) is 16.4 Å². The van der Waals surface area contributed by atoms with E-state index in [1.807, 2.05) is 54.6 Å². The number of nitrogens with zero attached hydrogens (tertiary/aromatic N) is 1. The molecule has 42 heavy (non-hydrogen) atoms. The molecule has 4 aromatic rings. The summed E-state index contributed by atoms with van der Waals surface area (Å²) >= 11 is -1.31. The van der Waals surface area contributed by atoms with Crippen LogP contribution in [-0.4, -0.2) is 70.9 Å². The Morgan fingerprint density at radius 3 is 2.26 bits per heavy atom. The summed E-state index contributed by atoms with van der Waals surface area (Å²) in [7, 11) is -0.611. The monoisotopic (exact) mass is 648 g/mol. The van der Waals surface area contributed by atoms with Crippen LogP contribution in [-0.2, 0) is 26.0 Å². The van der Waals surface area contributed by atoms with Gasteiger partial charge in [0.15, 0.2) is 0 Å². The first-order chi connectivity index (χ1) is 20.2. The number of carboxylic acids is 1. The van der Waals surface area contributed by atoms with E-state index in [0.717, 1.165) is 27.5 Å². The molecule has 0 aromatic heterocycles. The molecule has 1 fully saturated rings. The second-order valence-electron chi connectivity index (χ2n) is 10.0. The number of hydrogen-bond donors (Lipinski definition) is 1.